The molecule has 0 bridgehead atoms. The van der Waals surface area contributed by atoms with Crippen LogP contribution in [-0.4, -0.2) is 25.2 Å². The predicted molar refractivity (Wildman–Crippen MR) is 60.5 cm³/mol. The maximum Gasteiger partial charge on any atom is 0.131 e. The van der Waals surface area contributed by atoms with Crippen LogP contribution in [0, 0.1) is 0 Å². The lowest BCUT2D eigenvalue weighted by Crippen LogP contribution is -2.61. The number of hydrogen-bond donors (Lipinski definition) is 2. The minimum atomic E-state index is -0.00227. The molecule has 15 heavy (non-hydrogen) atoms. The average molecular weight is 204 g/mol. The lowest BCUT2D eigenvalue weighted by Gasteiger charge is -2.39. The van der Waals surface area contributed by atoms with Gasteiger partial charge in [0.1, 0.15) is 11.4 Å². The van der Waals surface area contributed by atoms with Crippen LogP contribution in [0.15, 0.2) is 18.2 Å². The van der Waals surface area contributed by atoms with Gasteiger partial charge in [0, 0.05) is 30.9 Å². The van der Waals surface area contributed by atoms with Crippen molar-refractivity contribution >= 4 is 5.69 Å². The molecule has 0 amide bonds. The number of nitrogens with one attached hydrogen (secondary N) is 2. The first-order valence-electron chi connectivity index (χ1n) is 5.52. The summed E-state index contributed by atoms with van der Waals surface area (Å²) < 4.78 is 6.08. The van der Waals surface area contributed by atoms with Crippen molar-refractivity contribution in [2.24, 2.45) is 0 Å². The average Bonchev–Trinajstić information content (AvgIpc) is 2.64. The Balaban J connectivity index is 1.89. The highest BCUT2D eigenvalue weighted by Gasteiger charge is 2.34. The summed E-state index contributed by atoms with van der Waals surface area (Å²) in [5, 5.41) is 6.62. The van der Waals surface area contributed by atoms with Crippen LogP contribution in [0.1, 0.15) is 12.5 Å². The maximum absolute atomic E-state index is 6.08. The van der Waals surface area contributed by atoms with Crippen molar-refractivity contribution in [1.82, 2.24) is 5.32 Å². The first-order chi connectivity index (χ1) is 7.27. The third-order valence-electron chi connectivity index (χ3n) is 3.18. The van der Waals surface area contributed by atoms with Crippen LogP contribution >= 0.6 is 0 Å². The maximum atomic E-state index is 6.08. The van der Waals surface area contributed by atoms with E-state index in [0.717, 1.165) is 31.8 Å². The Kier molecular flexibility index (Phi) is 1.89. The van der Waals surface area contributed by atoms with Crippen LogP contribution in [0.4, 0.5) is 5.69 Å². The molecule has 3 rings (SSSR count). The highest BCUT2D eigenvalue weighted by molar-refractivity contribution is 5.61. The molecular formula is C12H16N2O. The van der Waals surface area contributed by atoms with E-state index in [9.17, 15) is 0 Å². The van der Waals surface area contributed by atoms with Crippen LogP contribution in [0.25, 0.3) is 0 Å². The molecule has 0 radical (unpaired) electrons. The molecule has 2 aliphatic rings. The summed E-state index contributed by atoms with van der Waals surface area (Å²) >= 11 is 0. The third kappa shape index (κ3) is 1.47. The van der Waals surface area contributed by atoms with Gasteiger partial charge in [0.05, 0.1) is 0 Å². The third-order valence-corrected chi connectivity index (χ3v) is 3.18. The SMILES string of the molecule is CC1(Oc2cccc3c2CCN3)CNC1. The fourth-order valence-electron chi connectivity index (χ4n) is 2.22. The summed E-state index contributed by atoms with van der Waals surface area (Å²) in [7, 11) is 0. The molecule has 3 nitrogen and oxygen atoms in total. The van der Waals surface area contributed by atoms with Crippen molar-refractivity contribution in [3.8, 4) is 5.75 Å². The zero-order valence-corrected chi connectivity index (χ0v) is 8.97. The molecule has 80 valence electrons. The lowest BCUT2D eigenvalue weighted by atomic mass is 9.99. The predicted octanol–water partition coefficient (Wildman–Crippen LogP) is 1.40. The Morgan fingerprint density at radius 2 is 2.20 bits per heavy atom. The minimum Gasteiger partial charge on any atom is -0.485 e. The summed E-state index contributed by atoms with van der Waals surface area (Å²) in [4.78, 5) is 0. The van der Waals surface area contributed by atoms with E-state index >= 15 is 0 Å². The number of ether oxygens (including phenoxy) is 1. The Morgan fingerprint density at radius 3 is 2.93 bits per heavy atom. The number of fused-ring (bicyclic) bond motifs is 1. The minimum absolute atomic E-state index is 0.00227. The van der Waals surface area contributed by atoms with Gasteiger partial charge in [0.25, 0.3) is 0 Å². The molecule has 0 saturated carbocycles. The summed E-state index contributed by atoms with van der Waals surface area (Å²) in [5.41, 5.74) is 2.58. The molecule has 0 spiro atoms. The monoisotopic (exact) mass is 204 g/mol. The molecule has 0 unspecified atom stereocenters. The fourth-order valence-corrected chi connectivity index (χ4v) is 2.22. The van der Waals surface area contributed by atoms with E-state index in [4.69, 9.17) is 4.74 Å². The molecule has 0 aliphatic carbocycles. The Hall–Kier alpha value is -1.22. The molecule has 2 heterocycles. The van der Waals surface area contributed by atoms with Crippen LogP contribution < -0.4 is 15.4 Å². The van der Waals surface area contributed by atoms with Crippen molar-refractivity contribution in [1.29, 1.82) is 0 Å². The van der Waals surface area contributed by atoms with Crippen LogP contribution in [0.3, 0.4) is 0 Å². The fraction of sp³-hybridized carbons (Fsp3) is 0.500. The summed E-state index contributed by atoms with van der Waals surface area (Å²) in [5.74, 6) is 1.06. The first-order valence-corrected chi connectivity index (χ1v) is 5.52. The molecule has 2 N–H and O–H groups in total. The second-order valence-corrected chi connectivity index (χ2v) is 4.61. The molecule has 1 aromatic rings. The van der Waals surface area contributed by atoms with E-state index in [-0.39, 0.29) is 5.60 Å². The highest BCUT2D eigenvalue weighted by atomic mass is 16.5. The normalized spacial score (nSPS) is 21.4. The van der Waals surface area contributed by atoms with Gasteiger partial charge in [-0.2, -0.15) is 0 Å². The van der Waals surface area contributed by atoms with Crippen molar-refractivity contribution in [2.75, 3.05) is 25.0 Å². The zero-order valence-electron chi connectivity index (χ0n) is 8.97. The van der Waals surface area contributed by atoms with E-state index < -0.39 is 0 Å². The van der Waals surface area contributed by atoms with Gasteiger partial charge in [-0.15, -0.1) is 0 Å². The smallest absolute Gasteiger partial charge is 0.131 e. The largest absolute Gasteiger partial charge is 0.485 e. The van der Waals surface area contributed by atoms with E-state index in [1.54, 1.807) is 0 Å². The Morgan fingerprint density at radius 1 is 1.33 bits per heavy atom. The van der Waals surface area contributed by atoms with E-state index in [2.05, 4.69) is 35.8 Å². The molecule has 1 fully saturated rings. The number of anilines is 1. The quantitative estimate of drug-likeness (QED) is 0.764. The van der Waals surface area contributed by atoms with Gasteiger partial charge >= 0.3 is 0 Å². The van der Waals surface area contributed by atoms with Gasteiger partial charge in [-0.3, -0.25) is 0 Å². The summed E-state index contributed by atoms with van der Waals surface area (Å²) in [6.45, 7) is 5.09. The van der Waals surface area contributed by atoms with Crippen molar-refractivity contribution < 1.29 is 4.74 Å². The van der Waals surface area contributed by atoms with Gasteiger partial charge in [-0.25, -0.2) is 0 Å². The summed E-state index contributed by atoms with van der Waals surface area (Å²) in [6.07, 6.45) is 1.08. The summed E-state index contributed by atoms with van der Waals surface area (Å²) in [6, 6.07) is 6.26. The standard InChI is InChI=1S/C12H16N2O/c1-12(7-13-8-12)15-11-4-2-3-10-9(11)5-6-14-10/h2-4,13-14H,5-8H2,1H3. The number of benzene rings is 1. The number of hydrogen-bond acceptors (Lipinski definition) is 3. The molecule has 2 aliphatic heterocycles. The molecule has 1 aromatic carbocycles. The topological polar surface area (TPSA) is 33.3 Å². The Bertz CT molecular complexity index is 385. The second-order valence-electron chi connectivity index (χ2n) is 4.61. The Labute approximate surface area is 89.8 Å². The van der Waals surface area contributed by atoms with Crippen molar-refractivity contribution in [3.05, 3.63) is 23.8 Å². The van der Waals surface area contributed by atoms with E-state index in [1.807, 2.05) is 0 Å². The lowest BCUT2D eigenvalue weighted by molar-refractivity contribution is 0.0341. The molecule has 0 atom stereocenters. The molecular weight excluding hydrogens is 188 g/mol. The molecule has 3 heteroatoms. The number of rotatable bonds is 2. The first kappa shape index (κ1) is 9.04. The van der Waals surface area contributed by atoms with E-state index in [0.29, 0.717) is 0 Å². The van der Waals surface area contributed by atoms with Gasteiger partial charge in [0.2, 0.25) is 0 Å². The van der Waals surface area contributed by atoms with Gasteiger partial charge in [-0.1, -0.05) is 6.07 Å². The highest BCUT2D eigenvalue weighted by Crippen LogP contribution is 2.33. The van der Waals surface area contributed by atoms with Crippen molar-refractivity contribution in [3.63, 3.8) is 0 Å². The van der Waals surface area contributed by atoms with E-state index in [1.165, 1.54) is 11.3 Å². The van der Waals surface area contributed by atoms with Crippen LogP contribution in [0.5, 0.6) is 5.75 Å². The van der Waals surface area contributed by atoms with Crippen LogP contribution in [-0.2, 0) is 6.42 Å². The second kappa shape index (κ2) is 3.14. The van der Waals surface area contributed by atoms with Crippen LogP contribution in [0.2, 0.25) is 0 Å². The van der Waals surface area contributed by atoms with Crippen molar-refractivity contribution in [2.45, 2.75) is 18.9 Å². The van der Waals surface area contributed by atoms with Gasteiger partial charge < -0.3 is 15.4 Å². The molecule has 0 aromatic heterocycles. The zero-order chi connectivity index (χ0) is 10.3. The van der Waals surface area contributed by atoms with Gasteiger partial charge in [0.15, 0.2) is 0 Å². The van der Waals surface area contributed by atoms with Gasteiger partial charge in [-0.05, 0) is 25.5 Å². The molecule has 1 saturated heterocycles.